The Bertz CT molecular complexity index is 776. The van der Waals surface area contributed by atoms with Crippen molar-refractivity contribution in [1.82, 2.24) is 9.55 Å². The van der Waals surface area contributed by atoms with Crippen LogP contribution in [0.25, 0.3) is 5.69 Å². The molecule has 7 nitrogen and oxygen atoms in total. The quantitative estimate of drug-likeness (QED) is 0.869. The number of nitrogens with zero attached hydrogens (tertiary/aromatic N) is 1. The van der Waals surface area contributed by atoms with Gasteiger partial charge >= 0.3 is 5.69 Å². The van der Waals surface area contributed by atoms with Gasteiger partial charge in [0.2, 0.25) is 5.88 Å². The Labute approximate surface area is 120 Å². The molecule has 21 heavy (non-hydrogen) atoms. The summed E-state index contributed by atoms with van der Waals surface area (Å²) in [5.74, 6) is 0.485. The molecule has 0 saturated carbocycles. The molecule has 2 N–H and O–H groups in total. The molecule has 0 aliphatic rings. The van der Waals surface area contributed by atoms with Crippen LogP contribution < -0.4 is 20.7 Å². The number of H-pyrrole nitrogens is 1. The maximum atomic E-state index is 12.0. The maximum Gasteiger partial charge on any atom is 0.335 e. The zero-order chi connectivity index (χ0) is 15.6. The lowest BCUT2D eigenvalue weighted by Crippen LogP contribution is -2.31. The molecule has 0 aliphatic carbocycles. The van der Waals surface area contributed by atoms with E-state index in [1.165, 1.54) is 14.2 Å². The average Bonchev–Trinajstić information content (AvgIpc) is 2.47. The van der Waals surface area contributed by atoms with Gasteiger partial charge < -0.3 is 14.6 Å². The summed E-state index contributed by atoms with van der Waals surface area (Å²) in [4.78, 5) is 25.8. The van der Waals surface area contributed by atoms with E-state index in [1.54, 1.807) is 25.1 Å². The normalized spacial score (nSPS) is 10.4. The monoisotopic (exact) mass is 292 g/mol. The van der Waals surface area contributed by atoms with Gasteiger partial charge in [-0.15, -0.1) is 0 Å². The summed E-state index contributed by atoms with van der Waals surface area (Å²) in [6.45, 7) is 1.71. The molecule has 1 heterocycles. The minimum Gasteiger partial charge on any atom is -0.497 e. The molecule has 0 atom stereocenters. The second-order valence-corrected chi connectivity index (χ2v) is 4.29. The Kier molecular flexibility index (Phi) is 4.02. The number of aromatic nitrogens is 2. The molecule has 2 aromatic rings. The Morgan fingerprint density at radius 2 is 1.95 bits per heavy atom. The highest BCUT2D eigenvalue weighted by atomic mass is 16.5. The molecule has 112 valence electrons. The predicted octanol–water partition coefficient (Wildman–Crippen LogP) is 0.811. The third-order valence-electron chi connectivity index (χ3n) is 3.16. The number of hydrogen-bond acceptors (Lipinski definition) is 5. The highest BCUT2D eigenvalue weighted by Gasteiger charge is 2.17. The van der Waals surface area contributed by atoms with Crippen molar-refractivity contribution >= 4 is 0 Å². The summed E-state index contributed by atoms with van der Waals surface area (Å²) in [5.41, 5.74) is -0.888. The van der Waals surface area contributed by atoms with Crippen LogP contribution in [-0.4, -0.2) is 28.9 Å². The average molecular weight is 292 g/mol. The molecule has 2 rings (SSSR count). The molecule has 0 aliphatic heterocycles. The van der Waals surface area contributed by atoms with Gasteiger partial charge in [-0.3, -0.25) is 9.78 Å². The number of nitrogens with one attached hydrogen (secondary N) is 1. The Morgan fingerprint density at radius 3 is 2.52 bits per heavy atom. The van der Waals surface area contributed by atoms with Crippen LogP contribution >= 0.6 is 0 Å². The lowest BCUT2D eigenvalue weighted by Gasteiger charge is -2.14. The van der Waals surface area contributed by atoms with Crippen molar-refractivity contribution in [1.29, 1.82) is 0 Å². The highest BCUT2D eigenvalue weighted by Crippen LogP contribution is 2.29. The van der Waals surface area contributed by atoms with Crippen molar-refractivity contribution in [2.24, 2.45) is 0 Å². The van der Waals surface area contributed by atoms with Gasteiger partial charge in [0.15, 0.2) is 0 Å². The topological polar surface area (TPSA) is 93.6 Å². The standard InChI is InChI=1S/C14H16N2O5/c1-4-9-12(17)15-14(19)16(13(9)18)10-6-5-8(20-2)7-11(10)21-3/h5-7,18H,4H2,1-3H3,(H,15,17,19). The van der Waals surface area contributed by atoms with Crippen molar-refractivity contribution in [3.63, 3.8) is 0 Å². The van der Waals surface area contributed by atoms with Crippen LogP contribution in [0.3, 0.4) is 0 Å². The molecule has 1 aromatic carbocycles. The predicted molar refractivity (Wildman–Crippen MR) is 76.8 cm³/mol. The number of methoxy groups -OCH3 is 2. The molecular formula is C14H16N2O5. The van der Waals surface area contributed by atoms with E-state index in [4.69, 9.17) is 9.47 Å². The number of ether oxygens (including phenoxy) is 2. The lowest BCUT2D eigenvalue weighted by atomic mass is 10.2. The van der Waals surface area contributed by atoms with Crippen LogP contribution in [-0.2, 0) is 6.42 Å². The van der Waals surface area contributed by atoms with Gasteiger partial charge in [0.05, 0.1) is 25.5 Å². The zero-order valence-corrected chi connectivity index (χ0v) is 12.0. The Hall–Kier alpha value is -2.70. The van der Waals surface area contributed by atoms with Gasteiger partial charge in [-0.25, -0.2) is 9.36 Å². The fourth-order valence-electron chi connectivity index (χ4n) is 2.07. The molecule has 1 aromatic heterocycles. The number of benzene rings is 1. The van der Waals surface area contributed by atoms with E-state index in [0.717, 1.165) is 4.57 Å². The molecule has 7 heteroatoms. The van der Waals surface area contributed by atoms with Crippen molar-refractivity contribution in [3.05, 3.63) is 44.6 Å². The van der Waals surface area contributed by atoms with Gasteiger partial charge in [0.25, 0.3) is 5.56 Å². The zero-order valence-electron chi connectivity index (χ0n) is 12.0. The first-order valence-corrected chi connectivity index (χ1v) is 6.33. The molecule has 0 radical (unpaired) electrons. The van der Waals surface area contributed by atoms with Crippen LogP contribution in [0, 0.1) is 0 Å². The maximum absolute atomic E-state index is 12.0. The first kappa shape index (κ1) is 14.7. The van der Waals surface area contributed by atoms with Crippen molar-refractivity contribution < 1.29 is 14.6 Å². The lowest BCUT2D eigenvalue weighted by molar-refractivity contribution is 0.387. The van der Waals surface area contributed by atoms with Crippen LogP contribution in [0.2, 0.25) is 0 Å². The van der Waals surface area contributed by atoms with Gasteiger partial charge in [-0.05, 0) is 18.6 Å². The third-order valence-corrected chi connectivity index (χ3v) is 3.16. The fourth-order valence-corrected chi connectivity index (χ4v) is 2.07. The van der Waals surface area contributed by atoms with Gasteiger partial charge in [-0.2, -0.15) is 0 Å². The van der Waals surface area contributed by atoms with Crippen LogP contribution in [0.1, 0.15) is 12.5 Å². The summed E-state index contributed by atoms with van der Waals surface area (Å²) in [6.07, 6.45) is 0.292. The molecule has 0 bridgehead atoms. The minimum atomic E-state index is -0.738. The molecule has 0 amide bonds. The largest absolute Gasteiger partial charge is 0.497 e. The van der Waals surface area contributed by atoms with E-state index in [2.05, 4.69) is 4.98 Å². The number of hydrogen-bond donors (Lipinski definition) is 2. The van der Waals surface area contributed by atoms with Crippen LogP contribution in [0.5, 0.6) is 17.4 Å². The summed E-state index contributed by atoms with van der Waals surface area (Å²) >= 11 is 0. The van der Waals surface area contributed by atoms with E-state index >= 15 is 0 Å². The van der Waals surface area contributed by atoms with Gasteiger partial charge in [0, 0.05) is 6.07 Å². The second kappa shape index (κ2) is 5.74. The summed E-state index contributed by atoms with van der Waals surface area (Å²) in [6, 6.07) is 4.77. The van der Waals surface area contributed by atoms with Crippen molar-refractivity contribution in [2.75, 3.05) is 14.2 Å². The van der Waals surface area contributed by atoms with E-state index in [1.807, 2.05) is 0 Å². The Balaban J connectivity index is 2.79. The minimum absolute atomic E-state index is 0.132. The smallest absolute Gasteiger partial charge is 0.335 e. The van der Waals surface area contributed by atoms with Crippen molar-refractivity contribution in [2.45, 2.75) is 13.3 Å². The molecule has 0 spiro atoms. The molecule has 0 unspecified atom stereocenters. The van der Waals surface area contributed by atoms with E-state index in [0.29, 0.717) is 23.6 Å². The summed E-state index contributed by atoms with van der Waals surface area (Å²) < 4.78 is 11.3. The number of aromatic hydroxyl groups is 1. The van der Waals surface area contributed by atoms with E-state index in [9.17, 15) is 14.7 Å². The molecule has 0 saturated heterocycles. The fraction of sp³-hybridized carbons (Fsp3) is 0.286. The van der Waals surface area contributed by atoms with Crippen molar-refractivity contribution in [3.8, 4) is 23.1 Å². The second-order valence-electron chi connectivity index (χ2n) is 4.29. The molecular weight excluding hydrogens is 276 g/mol. The van der Waals surface area contributed by atoms with Gasteiger partial charge in [-0.1, -0.05) is 6.92 Å². The summed E-state index contributed by atoms with van der Waals surface area (Å²) in [5, 5.41) is 10.2. The first-order chi connectivity index (χ1) is 10.0. The Morgan fingerprint density at radius 1 is 1.24 bits per heavy atom. The first-order valence-electron chi connectivity index (χ1n) is 6.33. The number of rotatable bonds is 4. The van der Waals surface area contributed by atoms with Gasteiger partial charge in [0.1, 0.15) is 11.5 Å². The molecule has 0 fully saturated rings. The van der Waals surface area contributed by atoms with Crippen LogP contribution in [0.4, 0.5) is 0 Å². The van der Waals surface area contributed by atoms with Crippen LogP contribution in [0.15, 0.2) is 27.8 Å². The van der Waals surface area contributed by atoms with E-state index in [-0.39, 0.29) is 5.56 Å². The van der Waals surface area contributed by atoms with E-state index < -0.39 is 17.1 Å². The summed E-state index contributed by atoms with van der Waals surface area (Å²) in [7, 11) is 2.94. The SMILES string of the molecule is CCc1c(O)n(-c2ccc(OC)cc2OC)c(=O)[nH]c1=O. The number of aromatic amines is 1. The third kappa shape index (κ3) is 2.49. The highest BCUT2D eigenvalue weighted by molar-refractivity contribution is 5.52.